The molecule has 0 aromatic carbocycles. The minimum absolute atomic E-state index is 0.843. The van der Waals surface area contributed by atoms with Gasteiger partial charge in [-0.25, -0.2) is 0 Å². The van der Waals surface area contributed by atoms with Gasteiger partial charge in [0.2, 0.25) is 0 Å². The van der Waals surface area contributed by atoms with Gasteiger partial charge in [-0.2, -0.15) is 0 Å². The van der Waals surface area contributed by atoms with Crippen LogP contribution in [0.5, 0.6) is 0 Å². The molecular formula is C13H23Si. The first kappa shape index (κ1) is 10.7. The molecule has 2 rings (SSSR count). The Bertz CT molecular complexity index is 137. The summed E-state index contributed by atoms with van der Waals surface area (Å²) in [7, 11) is 4.05. The highest BCUT2D eigenvalue weighted by Gasteiger charge is 2.27. The average Bonchev–Trinajstić information content (AvgIpc) is 2.30. The van der Waals surface area contributed by atoms with Gasteiger partial charge in [0.1, 0.15) is 0 Å². The molecule has 0 aromatic heterocycles. The maximum absolute atomic E-state index is 4.05. The SMILES string of the molecule is [Si]C(C1CCCCC1)C1CCCCC1. The van der Waals surface area contributed by atoms with E-state index < -0.39 is 0 Å². The van der Waals surface area contributed by atoms with Gasteiger partial charge in [-0.05, 0) is 17.4 Å². The highest BCUT2D eigenvalue weighted by Crippen LogP contribution is 2.41. The van der Waals surface area contributed by atoms with E-state index in [0.717, 1.165) is 17.4 Å². The first-order chi connectivity index (χ1) is 6.88. The van der Waals surface area contributed by atoms with Crippen molar-refractivity contribution in [3.8, 4) is 0 Å². The van der Waals surface area contributed by atoms with Gasteiger partial charge in [0, 0.05) is 10.2 Å². The van der Waals surface area contributed by atoms with E-state index in [-0.39, 0.29) is 0 Å². The van der Waals surface area contributed by atoms with Crippen LogP contribution >= 0.6 is 0 Å². The van der Waals surface area contributed by atoms with E-state index in [1.807, 2.05) is 0 Å². The van der Waals surface area contributed by atoms with Gasteiger partial charge >= 0.3 is 0 Å². The quantitative estimate of drug-likeness (QED) is 0.598. The highest BCUT2D eigenvalue weighted by atomic mass is 28.1. The molecule has 0 saturated heterocycles. The predicted molar refractivity (Wildman–Crippen MR) is 62.7 cm³/mol. The maximum Gasteiger partial charge on any atom is 0.0273 e. The van der Waals surface area contributed by atoms with Crippen molar-refractivity contribution in [2.45, 2.75) is 69.7 Å². The second-order valence-electron chi connectivity index (χ2n) is 5.32. The molecule has 0 heterocycles. The van der Waals surface area contributed by atoms with E-state index in [4.69, 9.17) is 0 Å². The normalized spacial score (nSPS) is 27.0. The van der Waals surface area contributed by atoms with Crippen molar-refractivity contribution in [2.75, 3.05) is 0 Å². The van der Waals surface area contributed by atoms with Crippen LogP contribution in [-0.2, 0) is 0 Å². The highest BCUT2D eigenvalue weighted by molar-refractivity contribution is 6.12. The lowest BCUT2D eigenvalue weighted by atomic mass is 9.77. The van der Waals surface area contributed by atoms with Crippen molar-refractivity contribution in [3.05, 3.63) is 0 Å². The Balaban J connectivity index is 1.82. The standard InChI is InChI=1S/C13H23Si/c14-13(11-7-3-1-4-8-11)12-9-5-2-6-10-12/h11-13H,1-10H2. The predicted octanol–water partition coefficient (Wildman–Crippen LogP) is 4.10. The first-order valence-corrected chi connectivity index (χ1v) is 7.17. The number of hydrogen-bond donors (Lipinski definition) is 0. The second-order valence-corrected chi connectivity index (χ2v) is 5.99. The summed E-state index contributed by atoms with van der Waals surface area (Å²) in [5.74, 6) is 2.01. The molecule has 0 aliphatic heterocycles. The van der Waals surface area contributed by atoms with Crippen LogP contribution in [0.1, 0.15) is 64.2 Å². The Morgan fingerprint density at radius 1 is 0.643 bits per heavy atom. The Morgan fingerprint density at radius 3 is 1.36 bits per heavy atom. The van der Waals surface area contributed by atoms with Crippen molar-refractivity contribution in [2.24, 2.45) is 11.8 Å². The van der Waals surface area contributed by atoms with E-state index in [2.05, 4.69) is 10.2 Å². The molecule has 0 atom stereocenters. The number of rotatable bonds is 2. The average molecular weight is 207 g/mol. The van der Waals surface area contributed by atoms with Crippen LogP contribution in [0.3, 0.4) is 0 Å². The minimum atomic E-state index is 0.843. The Labute approximate surface area is 92.3 Å². The van der Waals surface area contributed by atoms with Gasteiger partial charge in [0.15, 0.2) is 0 Å². The summed E-state index contributed by atoms with van der Waals surface area (Å²) >= 11 is 0. The molecule has 0 unspecified atom stereocenters. The fourth-order valence-corrected chi connectivity index (χ4v) is 4.04. The van der Waals surface area contributed by atoms with Crippen LogP contribution in [0.25, 0.3) is 0 Å². The molecule has 0 bridgehead atoms. The van der Waals surface area contributed by atoms with Crippen molar-refractivity contribution < 1.29 is 0 Å². The third kappa shape index (κ3) is 2.62. The largest absolute Gasteiger partial charge is 0.0533 e. The molecule has 2 aliphatic carbocycles. The van der Waals surface area contributed by atoms with Crippen molar-refractivity contribution in [3.63, 3.8) is 0 Å². The fraction of sp³-hybridized carbons (Fsp3) is 1.00. The zero-order valence-electron chi connectivity index (χ0n) is 9.30. The van der Waals surface area contributed by atoms with Crippen LogP contribution in [0.15, 0.2) is 0 Å². The molecule has 0 spiro atoms. The molecular weight excluding hydrogens is 184 g/mol. The second kappa shape index (κ2) is 5.34. The Hall–Kier alpha value is 0.217. The van der Waals surface area contributed by atoms with Gasteiger partial charge in [-0.1, -0.05) is 64.2 Å². The van der Waals surface area contributed by atoms with E-state index in [1.165, 1.54) is 64.2 Å². The molecule has 79 valence electrons. The van der Waals surface area contributed by atoms with Crippen LogP contribution in [0.4, 0.5) is 0 Å². The van der Waals surface area contributed by atoms with Crippen LogP contribution in [0, 0.1) is 11.8 Å². The number of hydrogen-bond acceptors (Lipinski definition) is 0. The lowest BCUT2D eigenvalue weighted by Gasteiger charge is -2.35. The lowest BCUT2D eigenvalue weighted by molar-refractivity contribution is 0.246. The topological polar surface area (TPSA) is 0 Å². The van der Waals surface area contributed by atoms with Gasteiger partial charge in [0.25, 0.3) is 0 Å². The van der Waals surface area contributed by atoms with Crippen molar-refractivity contribution in [1.29, 1.82) is 0 Å². The smallest absolute Gasteiger partial charge is 0.0273 e. The fourth-order valence-electron chi connectivity index (χ4n) is 3.37. The van der Waals surface area contributed by atoms with E-state index >= 15 is 0 Å². The first-order valence-electron chi connectivity index (χ1n) is 6.59. The minimum Gasteiger partial charge on any atom is -0.0533 e. The molecule has 14 heavy (non-hydrogen) atoms. The Kier molecular flexibility index (Phi) is 4.09. The summed E-state index contributed by atoms with van der Waals surface area (Å²) in [6, 6.07) is 0. The zero-order chi connectivity index (χ0) is 9.80. The molecule has 0 aromatic rings. The van der Waals surface area contributed by atoms with E-state index in [0.29, 0.717) is 0 Å². The molecule has 0 N–H and O–H groups in total. The van der Waals surface area contributed by atoms with Gasteiger partial charge < -0.3 is 0 Å². The van der Waals surface area contributed by atoms with Gasteiger partial charge in [-0.15, -0.1) is 0 Å². The summed E-state index contributed by atoms with van der Waals surface area (Å²) in [4.78, 5) is 0. The third-order valence-corrected chi connectivity index (χ3v) is 5.26. The summed E-state index contributed by atoms with van der Waals surface area (Å²) in [6.45, 7) is 0. The molecule has 3 radical (unpaired) electrons. The lowest BCUT2D eigenvalue weighted by Crippen LogP contribution is -2.22. The molecule has 0 nitrogen and oxygen atoms in total. The Morgan fingerprint density at radius 2 is 1.00 bits per heavy atom. The van der Waals surface area contributed by atoms with Crippen LogP contribution in [0.2, 0.25) is 5.54 Å². The summed E-state index contributed by atoms with van der Waals surface area (Å²) in [5.41, 5.74) is 0.843. The summed E-state index contributed by atoms with van der Waals surface area (Å²) < 4.78 is 0. The summed E-state index contributed by atoms with van der Waals surface area (Å²) in [5, 5.41) is 0. The molecule has 0 amide bonds. The molecule has 2 fully saturated rings. The third-order valence-electron chi connectivity index (χ3n) is 4.32. The molecule has 1 heteroatoms. The van der Waals surface area contributed by atoms with E-state index in [1.54, 1.807) is 0 Å². The maximum atomic E-state index is 4.05. The van der Waals surface area contributed by atoms with Crippen molar-refractivity contribution >= 4 is 10.2 Å². The van der Waals surface area contributed by atoms with Crippen LogP contribution < -0.4 is 0 Å². The molecule has 2 aliphatic rings. The van der Waals surface area contributed by atoms with Gasteiger partial charge in [-0.3, -0.25) is 0 Å². The van der Waals surface area contributed by atoms with E-state index in [9.17, 15) is 0 Å². The van der Waals surface area contributed by atoms with Gasteiger partial charge in [0.05, 0.1) is 0 Å². The monoisotopic (exact) mass is 207 g/mol. The van der Waals surface area contributed by atoms with Crippen molar-refractivity contribution in [1.82, 2.24) is 0 Å². The summed E-state index contributed by atoms with van der Waals surface area (Å²) in [6.07, 6.45) is 14.9. The molecule has 2 saturated carbocycles. The van der Waals surface area contributed by atoms with Crippen LogP contribution in [-0.4, -0.2) is 10.2 Å². The zero-order valence-corrected chi connectivity index (χ0v) is 10.3.